The van der Waals surface area contributed by atoms with Gasteiger partial charge in [-0.25, -0.2) is 4.98 Å². The Morgan fingerprint density at radius 3 is 2.94 bits per heavy atom. The van der Waals surface area contributed by atoms with E-state index in [0.29, 0.717) is 30.5 Å². The van der Waals surface area contributed by atoms with Gasteiger partial charge >= 0.3 is 0 Å². The maximum atomic E-state index is 12.1. The van der Waals surface area contributed by atoms with E-state index in [1.807, 2.05) is 0 Å². The minimum Gasteiger partial charge on any atom is -0.389 e. The van der Waals surface area contributed by atoms with Gasteiger partial charge in [0.05, 0.1) is 12.0 Å². The minimum absolute atomic E-state index is 0.0224. The standard InChI is InChI=1S/C11H13N3O3S/c15-8-4-13(5-8)10(17)7-3-14-9(16)1-2-12-11(14)18-6-7/h1-2,7-8,15H,3-6H2. The number of hydrogen-bond acceptors (Lipinski definition) is 5. The summed E-state index contributed by atoms with van der Waals surface area (Å²) in [5.41, 5.74) is -0.117. The van der Waals surface area contributed by atoms with Crippen LogP contribution in [0.2, 0.25) is 0 Å². The highest BCUT2D eigenvalue weighted by Crippen LogP contribution is 2.26. The Bertz CT molecular complexity index is 539. The largest absolute Gasteiger partial charge is 0.389 e. The van der Waals surface area contributed by atoms with Crippen LogP contribution in [0.1, 0.15) is 0 Å². The number of aliphatic hydroxyl groups is 1. The molecule has 1 N–H and O–H groups in total. The van der Waals surface area contributed by atoms with Crippen LogP contribution in [-0.2, 0) is 11.3 Å². The van der Waals surface area contributed by atoms with Crippen LogP contribution in [0, 0.1) is 5.92 Å². The zero-order chi connectivity index (χ0) is 12.7. The summed E-state index contributed by atoms with van der Waals surface area (Å²) in [6.07, 6.45) is 1.11. The first-order valence-corrected chi connectivity index (χ1v) is 6.79. The van der Waals surface area contributed by atoms with Crippen molar-refractivity contribution in [3.63, 3.8) is 0 Å². The summed E-state index contributed by atoms with van der Waals surface area (Å²) >= 11 is 1.43. The van der Waals surface area contributed by atoms with Gasteiger partial charge in [-0.2, -0.15) is 0 Å². The number of likely N-dealkylation sites (tertiary alicyclic amines) is 1. The molecule has 18 heavy (non-hydrogen) atoms. The molecule has 0 bridgehead atoms. The predicted molar refractivity (Wildman–Crippen MR) is 65.3 cm³/mol. The number of aliphatic hydroxyl groups excluding tert-OH is 1. The number of β-amino-alcohol motifs (C(OH)–C–C–N with tert-alkyl or cyclic N) is 1. The van der Waals surface area contributed by atoms with Crippen molar-refractivity contribution in [2.45, 2.75) is 17.8 Å². The molecular formula is C11H13N3O3S. The third-order valence-corrected chi connectivity index (χ3v) is 4.39. The first kappa shape index (κ1) is 11.7. The number of nitrogens with zero attached hydrogens (tertiary/aromatic N) is 3. The molecule has 3 rings (SSSR count). The molecule has 1 amide bonds. The number of carbonyl (C=O) groups is 1. The second kappa shape index (κ2) is 4.40. The molecule has 1 aromatic rings. The molecule has 96 valence electrons. The van der Waals surface area contributed by atoms with E-state index >= 15 is 0 Å². The third-order valence-electron chi connectivity index (χ3n) is 3.24. The Morgan fingerprint density at radius 2 is 2.22 bits per heavy atom. The number of aromatic nitrogens is 2. The summed E-state index contributed by atoms with van der Waals surface area (Å²) in [6, 6.07) is 1.41. The zero-order valence-electron chi connectivity index (χ0n) is 9.65. The molecule has 1 fully saturated rings. The Hall–Kier alpha value is -1.34. The van der Waals surface area contributed by atoms with E-state index in [1.165, 1.54) is 24.0 Å². The van der Waals surface area contributed by atoms with Crippen LogP contribution in [0.15, 0.2) is 22.2 Å². The van der Waals surface area contributed by atoms with Gasteiger partial charge in [-0.05, 0) is 0 Å². The van der Waals surface area contributed by atoms with E-state index in [1.54, 1.807) is 9.47 Å². The smallest absolute Gasteiger partial charge is 0.254 e. The molecule has 1 aromatic heterocycles. The molecule has 2 aliphatic rings. The Morgan fingerprint density at radius 1 is 1.44 bits per heavy atom. The lowest BCUT2D eigenvalue weighted by Crippen LogP contribution is -2.56. The quantitative estimate of drug-likeness (QED) is 0.672. The third kappa shape index (κ3) is 1.93. The highest BCUT2D eigenvalue weighted by atomic mass is 32.2. The van der Waals surface area contributed by atoms with Crippen LogP contribution in [0.4, 0.5) is 0 Å². The van der Waals surface area contributed by atoms with Crippen LogP contribution in [0.25, 0.3) is 0 Å². The average Bonchev–Trinajstić information content (AvgIpc) is 2.34. The van der Waals surface area contributed by atoms with Gasteiger partial charge in [0.1, 0.15) is 0 Å². The number of rotatable bonds is 1. The van der Waals surface area contributed by atoms with Crippen molar-refractivity contribution in [2.75, 3.05) is 18.8 Å². The maximum Gasteiger partial charge on any atom is 0.254 e. The first-order chi connectivity index (χ1) is 8.65. The summed E-state index contributed by atoms with van der Waals surface area (Å²) in [4.78, 5) is 29.6. The van der Waals surface area contributed by atoms with Gasteiger partial charge in [-0.15, -0.1) is 0 Å². The molecule has 2 aliphatic heterocycles. The van der Waals surface area contributed by atoms with Crippen LogP contribution >= 0.6 is 11.8 Å². The second-order valence-electron chi connectivity index (χ2n) is 4.58. The van der Waals surface area contributed by atoms with E-state index in [2.05, 4.69) is 4.98 Å². The fourth-order valence-corrected chi connectivity index (χ4v) is 3.25. The zero-order valence-corrected chi connectivity index (χ0v) is 10.5. The predicted octanol–water partition coefficient (Wildman–Crippen LogP) is -0.832. The van der Waals surface area contributed by atoms with Gasteiger partial charge < -0.3 is 10.0 Å². The average molecular weight is 267 g/mol. The summed E-state index contributed by atoms with van der Waals surface area (Å²) in [5.74, 6) is 0.466. The Balaban J connectivity index is 1.76. The molecule has 6 nitrogen and oxygen atoms in total. The molecule has 0 aliphatic carbocycles. The fraction of sp³-hybridized carbons (Fsp3) is 0.545. The molecular weight excluding hydrogens is 254 g/mol. The molecule has 0 aromatic carbocycles. The molecule has 0 saturated carbocycles. The summed E-state index contributed by atoms with van der Waals surface area (Å²) < 4.78 is 1.55. The molecule has 0 radical (unpaired) electrons. The van der Waals surface area contributed by atoms with Crippen molar-refractivity contribution in [3.8, 4) is 0 Å². The van der Waals surface area contributed by atoms with Gasteiger partial charge in [0, 0.05) is 37.7 Å². The second-order valence-corrected chi connectivity index (χ2v) is 5.57. The van der Waals surface area contributed by atoms with Crippen molar-refractivity contribution in [1.29, 1.82) is 0 Å². The van der Waals surface area contributed by atoms with Crippen molar-refractivity contribution in [3.05, 3.63) is 22.6 Å². The highest BCUT2D eigenvalue weighted by molar-refractivity contribution is 7.99. The maximum absolute atomic E-state index is 12.1. The van der Waals surface area contributed by atoms with E-state index in [9.17, 15) is 14.7 Å². The van der Waals surface area contributed by atoms with E-state index < -0.39 is 0 Å². The van der Waals surface area contributed by atoms with E-state index in [4.69, 9.17) is 0 Å². The van der Waals surface area contributed by atoms with Crippen LogP contribution in [0.5, 0.6) is 0 Å². The number of amides is 1. The summed E-state index contributed by atoms with van der Waals surface area (Å²) in [5, 5.41) is 9.88. The molecule has 1 saturated heterocycles. The summed E-state index contributed by atoms with van der Waals surface area (Å²) in [7, 11) is 0. The van der Waals surface area contributed by atoms with Crippen LogP contribution in [-0.4, -0.2) is 50.4 Å². The van der Waals surface area contributed by atoms with Gasteiger partial charge in [0.25, 0.3) is 5.56 Å². The van der Waals surface area contributed by atoms with Crippen LogP contribution < -0.4 is 5.56 Å². The monoisotopic (exact) mass is 267 g/mol. The normalized spacial score (nSPS) is 23.4. The lowest BCUT2D eigenvalue weighted by Gasteiger charge is -2.39. The number of hydrogen-bond donors (Lipinski definition) is 1. The van der Waals surface area contributed by atoms with Crippen molar-refractivity contribution in [1.82, 2.24) is 14.5 Å². The lowest BCUT2D eigenvalue weighted by atomic mass is 10.1. The number of carbonyl (C=O) groups excluding carboxylic acids is 1. The van der Waals surface area contributed by atoms with Gasteiger partial charge in [-0.3, -0.25) is 14.2 Å². The van der Waals surface area contributed by atoms with Crippen LogP contribution in [0.3, 0.4) is 0 Å². The van der Waals surface area contributed by atoms with Gasteiger partial charge in [0.2, 0.25) is 5.91 Å². The molecule has 0 spiro atoms. The minimum atomic E-state index is -0.387. The van der Waals surface area contributed by atoms with E-state index in [-0.39, 0.29) is 23.5 Å². The van der Waals surface area contributed by atoms with Crippen molar-refractivity contribution >= 4 is 17.7 Å². The molecule has 1 unspecified atom stereocenters. The highest BCUT2D eigenvalue weighted by Gasteiger charge is 2.35. The van der Waals surface area contributed by atoms with Gasteiger partial charge in [-0.1, -0.05) is 11.8 Å². The van der Waals surface area contributed by atoms with Crippen molar-refractivity contribution < 1.29 is 9.90 Å². The SMILES string of the molecule is O=C(C1CSc2nccc(=O)n2C1)N1CC(O)C1. The van der Waals surface area contributed by atoms with Gasteiger partial charge in [0.15, 0.2) is 5.16 Å². The first-order valence-electron chi connectivity index (χ1n) is 5.80. The summed E-state index contributed by atoms with van der Waals surface area (Å²) in [6.45, 7) is 1.21. The molecule has 7 heteroatoms. The van der Waals surface area contributed by atoms with Crippen molar-refractivity contribution in [2.24, 2.45) is 5.92 Å². The Labute approximate surface area is 108 Å². The Kier molecular flexibility index (Phi) is 2.87. The number of thioether (sulfide) groups is 1. The molecule has 3 heterocycles. The van der Waals surface area contributed by atoms with E-state index in [0.717, 1.165) is 0 Å². The number of fused-ring (bicyclic) bond motifs is 1. The molecule has 1 atom stereocenters. The lowest BCUT2D eigenvalue weighted by molar-refractivity contribution is -0.145. The fourth-order valence-electron chi connectivity index (χ4n) is 2.19. The topological polar surface area (TPSA) is 75.4 Å².